The van der Waals surface area contributed by atoms with Crippen LogP contribution in [0, 0.1) is 0 Å². The van der Waals surface area contributed by atoms with E-state index in [1.54, 1.807) is 25.1 Å². The van der Waals surface area contributed by atoms with Gasteiger partial charge in [0, 0.05) is 22.1 Å². The van der Waals surface area contributed by atoms with E-state index in [0.717, 1.165) is 10.0 Å². The zero-order valence-electron chi connectivity index (χ0n) is 16.4. The van der Waals surface area contributed by atoms with Gasteiger partial charge in [0.15, 0.2) is 6.61 Å². The second-order valence-electron chi connectivity index (χ2n) is 6.85. The van der Waals surface area contributed by atoms with Gasteiger partial charge in [-0.05, 0) is 56.7 Å². The maximum absolute atomic E-state index is 13.0. The van der Waals surface area contributed by atoms with Crippen molar-refractivity contribution in [1.82, 2.24) is 10.2 Å². The average molecular weight is 502 g/mol. The topological polar surface area (TPSA) is 58.6 Å². The average Bonchev–Trinajstić information content (AvgIpc) is 2.64. The van der Waals surface area contributed by atoms with Gasteiger partial charge in [0.05, 0.1) is 5.02 Å². The van der Waals surface area contributed by atoms with Crippen LogP contribution in [0.5, 0.6) is 5.75 Å². The lowest BCUT2D eigenvalue weighted by atomic mass is 10.1. The van der Waals surface area contributed by atoms with Crippen LogP contribution in [0.2, 0.25) is 10.0 Å². The fraction of sp³-hybridized carbons (Fsp3) is 0.333. The third kappa shape index (κ3) is 7.21. The van der Waals surface area contributed by atoms with Crippen molar-refractivity contribution in [3.63, 3.8) is 0 Å². The van der Waals surface area contributed by atoms with Crippen molar-refractivity contribution in [2.75, 3.05) is 6.61 Å². The molecule has 0 radical (unpaired) electrons. The molecule has 0 unspecified atom stereocenters. The summed E-state index contributed by atoms with van der Waals surface area (Å²) in [4.78, 5) is 27.0. The van der Waals surface area contributed by atoms with Gasteiger partial charge in [-0.2, -0.15) is 0 Å². The minimum Gasteiger partial charge on any atom is -0.482 e. The van der Waals surface area contributed by atoms with Gasteiger partial charge < -0.3 is 15.0 Å². The van der Waals surface area contributed by atoms with E-state index in [1.165, 1.54) is 4.90 Å². The number of ether oxygens (including phenoxy) is 1. The van der Waals surface area contributed by atoms with Crippen molar-refractivity contribution in [2.24, 2.45) is 0 Å². The van der Waals surface area contributed by atoms with Gasteiger partial charge in [0.1, 0.15) is 11.8 Å². The van der Waals surface area contributed by atoms with Crippen LogP contribution in [0.1, 0.15) is 26.3 Å². The van der Waals surface area contributed by atoms with Crippen LogP contribution < -0.4 is 10.1 Å². The van der Waals surface area contributed by atoms with Crippen molar-refractivity contribution in [3.05, 3.63) is 62.5 Å². The zero-order chi connectivity index (χ0) is 21.6. The van der Waals surface area contributed by atoms with Crippen molar-refractivity contribution in [3.8, 4) is 5.75 Å². The molecule has 156 valence electrons. The van der Waals surface area contributed by atoms with Crippen LogP contribution in [0.3, 0.4) is 0 Å². The van der Waals surface area contributed by atoms with E-state index in [2.05, 4.69) is 21.2 Å². The Hall–Kier alpha value is -1.76. The predicted molar refractivity (Wildman–Crippen MR) is 119 cm³/mol. The molecule has 0 heterocycles. The minimum absolute atomic E-state index is 0.0307. The molecule has 8 heteroatoms. The maximum atomic E-state index is 13.0. The summed E-state index contributed by atoms with van der Waals surface area (Å²) in [6.07, 6.45) is 0. The van der Waals surface area contributed by atoms with Gasteiger partial charge in [0.25, 0.3) is 5.91 Å². The highest BCUT2D eigenvalue weighted by Crippen LogP contribution is 2.27. The molecule has 5 nitrogen and oxygen atoms in total. The van der Waals surface area contributed by atoms with E-state index in [4.69, 9.17) is 27.9 Å². The molecule has 0 aromatic heterocycles. The van der Waals surface area contributed by atoms with Gasteiger partial charge in [-0.25, -0.2) is 0 Å². The number of nitrogens with one attached hydrogen (secondary N) is 1. The maximum Gasteiger partial charge on any atom is 0.261 e. The Morgan fingerprint density at radius 2 is 1.86 bits per heavy atom. The summed E-state index contributed by atoms with van der Waals surface area (Å²) in [5.74, 6) is -0.207. The smallest absolute Gasteiger partial charge is 0.261 e. The predicted octanol–water partition coefficient (Wildman–Crippen LogP) is 5.08. The standard InChI is InChI=1S/C21H23BrCl2N2O3/c1-13(2)25-21(28)14(3)26(11-15-5-4-6-16(22)9-15)20(27)12-29-19-8-7-17(23)10-18(19)24/h4-10,13-14H,11-12H2,1-3H3,(H,25,28)/t14-/m1/s1. The van der Waals surface area contributed by atoms with Crippen molar-refractivity contribution >= 4 is 50.9 Å². The molecule has 0 saturated carbocycles. The third-order valence-electron chi connectivity index (χ3n) is 4.09. The van der Waals surface area contributed by atoms with E-state index in [0.29, 0.717) is 15.8 Å². The SMILES string of the molecule is CC(C)NC(=O)[C@@H](C)N(Cc1cccc(Br)c1)C(=O)COc1ccc(Cl)cc1Cl. The third-order valence-corrected chi connectivity index (χ3v) is 5.11. The fourth-order valence-electron chi connectivity index (χ4n) is 2.63. The lowest BCUT2D eigenvalue weighted by molar-refractivity contribution is -0.142. The number of nitrogens with zero attached hydrogens (tertiary/aromatic N) is 1. The van der Waals surface area contributed by atoms with Gasteiger partial charge >= 0.3 is 0 Å². The number of amides is 2. The number of hydrogen-bond acceptors (Lipinski definition) is 3. The highest BCUT2D eigenvalue weighted by molar-refractivity contribution is 9.10. The molecule has 2 aromatic rings. The van der Waals surface area contributed by atoms with Crippen LogP contribution in [-0.4, -0.2) is 35.4 Å². The fourth-order valence-corrected chi connectivity index (χ4v) is 3.54. The normalized spacial score (nSPS) is 11.8. The molecule has 0 spiro atoms. The molecule has 1 atom stereocenters. The molecule has 0 bridgehead atoms. The van der Waals surface area contributed by atoms with Crippen molar-refractivity contribution < 1.29 is 14.3 Å². The number of rotatable bonds is 8. The summed E-state index contributed by atoms with van der Waals surface area (Å²) in [5.41, 5.74) is 0.890. The molecule has 0 saturated heterocycles. The Morgan fingerprint density at radius 3 is 2.48 bits per heavy atom. The molecule has 0 aliphatic heterocycles. The monoisotopic (exact) mass is 500 g/mol. The first-order valence-corrected chi connectivity index (χ1v) is 10.6. The first kappa shape index (κ1) is 23.5. The number of benzene rings is 2. The Kier molecular flexibility index (Phi) is 8.80. The number of halogens is 3. The van der Waals surface area contributed by atoms with E-state index in [1.807, 2.05) is 38.1 Å². The molecule has 0 fully saturated rings. The molecular weight excluding hydrogens is 479 g/mol. The van der Waals surface area contributed by atoms with Crippen LogP contribution in [-0.2, 0) is 16.1 Å². The summed E-state index contributed by atoms with van der Waals surface area (Å²) in [7, 11) is 0. The molecule has 29 heavy (non-hydrogen) atoms. The van der Waals surface area contributed by atoms with E-state index < -0.39 is 6.04 Å². The summed E-state index contributed by atoms with van der Waals surface area (Å²) in [5, 5.41) is 3.64. The quantitative estimate of drug-likeness (QED) is 0.548. The summed E-state index contributed by atoms with van der Waals surface area (Å²) >= 11 is 15.4. The number of carbonyl (C=O) groups excluding carboxylic acids is 2. The lowest BCUT2D eigenvalue weighted by Gasteiger charge is -2.29. The van der Waals surface area contributed by atoms with Crippen molar-refractivity contribution in [1.29, 1.82) is 0 Å². The van der Waals surface area contributed by atoms with Gasteiger partial charge in [-0.3, -0.25) is 9.59 Å². The van der Waals surface area contributed by atoms with E-state index in [9.17, 15) is 9.59 Å². The Balaban J connectivity index is 2.17. The second kappa shape index (κ2) is 10.9. The number of carbonyl (C=O) groups is 2. The molecule has 2 rings (SSSR count). The van der Waals surface area contributed by atoms with E-state index >= 15 is 0 Å². The minimum atomic E-state index is -0.673. The molecule has 0 aliphatic rings. The lowest BCUT2D eigenvalue weighted by Crippen LogP contribution is -2.50. The first-order valence-electron chi connectivity index (χ1n) is 9.09. The van der Waals surface area contributed by atoms with Gasteiger partial charge in [-0.1, -0.05) is 51.3 Å². The summed E-state index contributed by atoms with van der Waals surface area (Å²) in [6, 6.07) is 11.7. The molecule has 2 amide bonds. The first-order chi connectivity index (χ1) is 13.7. The second-order valence-corrected chi connectivity index (χ2v) is 8.61. The summed E-state index contributed by atoms with van der Waals surface area (Å²) < 4.78 is 6.48. The van der Waals surface area contributed by atoms with Gasteiger partial charge in [0.2, 0.25) is 5.91 Å². The van der Waals surface area contributed by atoms with Crippen LogP contribution in [0.4, 0.5) is 0 Å². The molecular formula is C21H23BrCl2N2O3. The Bertz CT molecular complexity index is 877. The Morgan fingerprint density at radius 1 is 1.14 bits per heavy atom. The largest absolute Gasteiger partial charge is 0.482 e. The van der Waals surface area contributed by atoms with Crippen LogP contribution in [0.15, 0.2) is 46.9 Å². The molecule has 0 aliphatic carbocycles. The highest BCUT2D eigenvalue weighted by atomic mass is 79.9. The molecule has 2 aromatic carbocycles. The number of hydrogen-bond donors (Lipinski definition) is 1. The molecule has 1 N–H and O–H groups in total. The van der Waals surface area contributed by atoms with Crippen LogP contribution in [0.25, 0.3) is 0 Å². The zero-order valence-corrected chi connectivity index (χ0v) is 19.5. The van der Waals surface area contributed by atoms with Crippen molar-refractivity contribution in [2.45, 2.75) is 39.4 Å². The van der Waals surface area contributed by atoms with E-state index in [-0.39, 0.29) is 31.0 Å². The van der Waals surface area contributed by atoms with Gasteiger partial charge in [-0.15, -0.1) is 0 Å². The highest BCUT2D eigenvalue weighted by Gasteiger charge is 2.27. The Labute approximate surface area is 189 Å². The summed E-state index contributed by atoms with van der Waals surface area (Å²) in [6.45, 7) is 5.45. The van der Waals surface area contributed by atoms with Crippen LogP contribution >= 0.6 is 39.1 Å².